The molecule has 10 aromatic rings. The lowest BCUT2D eigenvalue weighted by Crippen LogP contribution is -2.10. The number of rotatable bonds is 4. The SMILES string of the molecule is c1ccc(N(c2ccc3c(c2)oc2c4ccccc4ccc32)c2cccc3c2c2ccc4ccccc4c2n3-c2ccccc2)cc1. The third-order valence-corrected chi connectivity index (χ3v) is 9.53. The molecule has 0 aliphatic carbocycles. The van der Waals surface area contributed by atoms with Crippen LogP contribution in [-0.4, -0.2) is 4.57 Å². The highest BCUT2D eigenvalue weighted by molar-refractivity contribution is 6.23. The summed E-state index contributed by atoms with van der Waals surface area (Å²) in [5, 5.41) is 9.45. The van der Waals surface area contributed by atoms with Gasteiger partial charge in [0.15, 0.2) is 0 Å². The van der Waals surface area contributed by atoms with Crippen molar-refractivity contribution < 1.29 is 4.42 Å². The minimum Gasteiger partial charge on any atom is -0.455 e. The fourth-order valence-corrected chi connectivity index (χ4v) is 7.48. The average Bonchev–Trinajstić information content (AvgIpc) is 3.69. The Bertz CT molecular complexity index is 2790. The molecular formula is C44H28N2O. The van der Waals surface area contributed by atoms with Gasteiger partial charge in [0, 0.05) is 55.4 Å². The van der Waals surface area contributed by atoms with Gasteiger partial charge in [-0.2, -0.15) is 0 Å². The first kappa shape index (κ1) is 26.0. The normalized spacial score (nSPS) is 11.8. The molecule has 0 bridgehead atoms. The lowest BCUT2D eigenvalue weighted by Gasteiger charge is -2.26. The van der Waals surface area contributed by atoms with Gasteiger partial charge in [0.25, 0.3) is 0 Å². The Morgan fingerprint density at radius 1 is 0.447 bits per heavy atom. The Labute approximate surface area is 271 Å². The molecule has 2 heterocycles. The third-order valence-electron chi connectivity index (χ3n) is 9.53. The molecule has 0 saturated heterocycles. The Hall–Kier alpha value is -6.32. The molecule has 0 fully saturated rings. The van der Waals surface area contributed by atoms with Crippen molar-refractivity contribution in [3.63, 3.8) is 0 Å². The monoisotopic (exact) mass is 600 g/mol. The van der Waals surface area contributed by atoms with E-state index in [1.165, 1.54) is 32.4 Å². The Morgan fingerprint density at radius 2 is 1.11 bits per heavy atom. The zero-order chi connectivity index (χ0) is 30.9. The van der Waals surface area contributed by atoms with E-state index in [0.717, 1.165) is 55.6 Å². The largest absolute Gasteiger partial charge is 0.455 e. The van der Waals surface area contributed by atoms with Crippen molar-refractivity contribution >= 4 is 82.4 Å². The van der Waals surface area contributed by atoms with Crippen molar-refractivity contribution in [1.82, 2.24) is 4.57 Å². The first-order valence-electron chi connectivity index (χ1n) is 16.0. The van der Waals surface area contributed by atoms with Crippen LogP contribution in [0.2, 0.25) is 0 Å². The van der Waals surface area contributed by atoms with Crippen molar-refractivity contribution in [3.8, 4) is 5.69 Å². The Balaban J connectivity index is 1.29. The van der Waals surface area contributed by atoms with E-state index in [4.69, 9.17) is 4.42 Å². The van der Waals surface area contributed by atoms with Gasteiger partial charge in [-0.15, -0.1) is 0 Å². The fourth-order valence-electron chi connectivity index (χ4n) is 7.48. The lowest BCUT2D eigenvalue weighted by atomic mass is 10.0. The van der Waals surface area contributed by atoms with Crippen molar-refractivity contribution in [3.05, 3.63) is 170 Å². The highest BCUT2D eigenvalue weighted by Gasteiger charge is 2.23. The van der Waals surface area contributed by atoms with Gasteiger partial charge in [0.05, 0.1) is 16.7 Å². The van der Waals surface area contributed by atoms with Crippen LogP contribution in [0, 0.1) is 0 Å². The van der Waals surface area contributed by atoms with Crippen LogP contribution in [0.4, 0.5) is 17.1 Å². The Morgan fingerprint density at radius 3 is 1.91 bits per heavy atom. The number of aromatic nitrogens is 1. The summed E-state index contributed by atoms with van der Waals surface area (Å²) in [7, 11) is 0. The van der Waals surface area contributed by atoms with Crippen LogP contribution in [0.1, 0.15) is 0 Å². The summed E-state index contributed by atoms with van der Waals surface area (Å²) in [6.07, 6.45) is 0. The second kappa shape index (κ2) is 10.1. The molecule has 0 radical (unpaired) electrons. The van der Waals surface area contributed by atoms with Gasteiger partial charge >= 0.3 is 0 Å². The molecule has 0 aliphatic rings. The molecule has 0 spiro atoms. The zero-order valence-electron chi connectivity index (χ0n) is 25.5. The smallest absolute Gasteiger partial charge is 0.143 e. The molecule has 0 atom stereocenters. The molecule has 0 amide bonds. The zero-order valence-corrected chi connectivity index (χ0v) is 25.5. The standard InChI is InChI=1S/C44H28N2O/c1-3-14-31(15-4-1)45(33-24-27-36-37-25-22-30-13-8-10-19-35(30)44(37)47-41(36)28-33)39-20-11-21-40-42(39)38-26-23-29-12-7-9-18-34(29)43(38)46(40)32-16-5-2-6-17-32/h1-28H. The number of furan rings is 1. The van der Waals surface area contributed by atoms with Gasteiger partial charge in [-0.3, -0.25) is 0 Å². The molecule has 47 heavy (non-hydrogen) atoms. The highest BCUT2D eigenvalue weighted by Crippen LogP contribution is 2.46. The van der Waals surface area contributed by atoms with Gasteiger partial charge in [-0.25, -0.2) is 0 Å². The van der Waals surface area contributed by atoms with Gasteiger partial charge in [0.2, 0.25) is 0 Å². The minimum absolute atomic E-state index is 0.875. The molecule has 3 nitrogen and oxygen atoms in total. The molecule has 0 saturated carbocycles. The maximum atomic E-state index is 6.67. The first-order chi connectivity index (χ1) is 23.3. The van der Waals surface area contributed by atoms with Crippen LogP contribution < -0.4 is 4.90 Å². The van der Waals surface area contributed by atoms with Crippen LogP contribution in [-0.2, 0) is 0 Å². The van der Waals surface area contributed by atoms with Crippen LogP contribution in [0.25, 0.3) is 71.0 Å². The molecule has 8 aromatic carbocycles. The topological polar surface area (TPSA) is 21.3 Å². The number of nitrogens with zero attached hydrogens (tertiary/aromatic N) is 2. The maximum absolute atomic E-state index is 6.67. The summed E-state index contributed by atoms with van der Waals surface area (Å²) in [6, 6.07) is 60.7. The predicted octanol–water partition coefficient (Wildman–Crippen LogP) is 12.5. The van der Waals surface area contributed by atoms with Crippen LogP contribution in [0.15, 0.2) is 174 Å². The van der Waals surface area contributed by atoms with Crippen molar-refractivity contribution in [1.29, 1.82) is 0 Å². The van der Waals surface area contributed by atoms with E-state index in [-0.39, 0.29) is 0 Å². The fraction of sp³-hybridized carbons (Fsp3) is 0. The number of anilines is 3. The molecule has 0 unspecified atom stereocenters. The summed E-state index contributed by atoms with van der Waals surface area (Å²) >= 11 is 0. The van der Waals surface area contributed by atoms with E-state index < -0.39 is 0 Å². The number of hydrogen-bond acceptors (Lipinski definition) is 2. The second-order valence-electron chi connectivity index (χ2n) is 12.1. The van der Waals surface area contributed by atoms with Crippen LogP contribution in [0.5, 0.6) is 0 Å². The molecule has 0 N–H and O–H groups in total. The van der Waals surface area contributed by atoms with Gasteiger partial charge < -0.3 is 13.9 Å². The summed E-state index contributed by atoms with van der Waals surface area (Å²) in [6.45, 7) is 0. The molecular weight excluding hydrogens is 572 g/mol. The number of fused-ring (bicyclic) bond motifs is 10. The van der Waals surface area contributed by atoms with E-state index in [2.05, 4.69) is 179 Å². The predicted molar refractivity (Wildman–Crippen MR) is 198 cm³/mol. The number of para-hydroxylation sites is 2. The van der Waals surface area contributed by atoms with Crippen molar-refractivity contribution in [2.24, 2.45) is 0 Å². The molecule has 220 valence electrons. The Kier molecular flexibility index (Phi) is 5.57. The highest BCUT2D eigenvalue weighted by atomic mass is 16.3. The quantitative estimate of drug-likeness (QED) is 0.200. The van der Waals surface area contributed by atoms with Crippen LogP contribution >= 0.6 is 0 Å². The van der Waals surface area contributed by atoms with E-state index in [1.807, 2.05) is 0 Å². The molecule has 0 aliphatic heterocycles. The van der Waals surface area contributed by atoms with E-state index in [9.17, 15) is 0 Å². The minimum atomic E-state index is 0.875. The van der Waals surface area contributed by atoms with Crippen molar-refractivity contribution in [2.75, 3.05) is 4.90 Å². The van der Waals surface area contributed by atoms with Crippen LogP contribution in [0.3, 0.4) is 0 Å². The second-order valence-corrected chi connectivity index (χ2v) is 12.1. The van der Waals surface area contributed by atoms with Crippen molar-refractivity contribution in [2.45, 2.75) is 0 Å². The molecule has 10 rings (SSSR count). The summed E-state index contributed by atoms with van der Waals surface area (Å²) in [5.41, 5.74) is 8.57. The van der Waals surface area contributed by atoms with Gasteiger partial charge in [-0.1, -0.05) is 109 Å². The molecule has 2 aromatic heterocycles. The number of benzene rings is 8. The lowest BCUT2D eigenvalue weighted by molar-refractivity contribution is 0.673. The van der Waals surface area contributed by atoms with E-state index in [0.29, 0.717) is 0 Å². The number of hydrogen-bond donors (Lipinski definition) is 0. The summed E-state index contributed by atoms with van der Waals surface area (Å²) in [5.74, 6) is 0. The summed E-state index contributed by atoms with van der Waals surface area (Å²) < 4.78 is 9.09. The molecule has 3 heteroatoms. The third kappa shape index (κ3) is 3.87. The van der Waals surface area contributed by atoms with E-state index in [1.54, 1.807) is 0 Å². The average molecular weight is 601 g/mol. The maximum Gasteiger partial charge on any atom is 0.143 e. The van der Waals surface area contributed by atoms with Gasteiger partial charge in [0.1, 0.15) is 11.2 Å². The first-order valence-corrected chi connectivity index (χ1v) is 16.0. The van der Waals surface area contributed by atoms with Gasteiger partial charge in [-0.05, 0) is 65.4 Å². The van der Waals surface area contributed by atoms with E-state index >= 15 is 0 Å². The summed E-state index contributed by atoms with van der Waals surface area (Å²) in [4.78, 5) is 2.37.